The van der Waals surface area contributed by atoms with Crippen molar-refractivity contribution in [3.05, 3.63) is 47.0 Å². The number of allylic oxidation sites excluding steroid dienone is 1. The van der Waals surface area contributed by atoms with Gasteiger partial charge in [0.15, 0.2) is 0 Å². The summed E-state index contributed by atoms with van der Waals surface area (Å²) in [6.45, 7) is 2.31. The number of halogens is 2. The molecule has 1 aromatic carbocycles. The van der Waals surface area contributed by atoms with Gasteiger partial charge in [-0.2, -0.15) is 0 Å². The Balaban J connectivity index is 1.76. The zero-order valence-electron chi connectivity index (χ0n) is 15.4. The first-order valence-electron chi connectivity index (χ1n) is 9.01. The van der Waals surface area contributed by atoms with Gasteiger partial charge >= 0.3 is 0 Å². The van der Waals surface area contributed by atoms with Gasteiger partial charge in [-0.15, -0.1) is 0 Å². The molecule has 0 aliphatic carbocycles. The predicted molar refractivity (Wildman–Crippen MR) is 106 cm³/mol. The van der Waals surface area contributed by atoms with Crippen molar-refractivity contribution in [2.75, 3.05) is 24.6 Å². The van der Waals surface area contributed by atoms with Crippen molar-refractivity contribution in [2.24, 2.45) is 10.9 Å². The molecule has 1 aromatic rings. The van der Waals surface area contributed by atoms with Gasteiger partial charge in [0.05, 0.1) is 13.1 Å². The minimum Gasteiger partial charge on any atom is -0.334 e. The largest absolute Gasteiger partial charge is 0.334 e. The topological polar surface area (TPSA) is 49.7 Å². The molecular weight excluding hydrogens is 370 g/mol. The van der Waals surface area contributed by atoms with E-state index < -0.39 is 21.2 Å². The van der Waals surface area contributed by atoms with Crippen molar-refractivity contribution in [1.82, 2.24) is 4.90 Å². The lowest BCUT2D eigenvalue weighted by molar-refractivity contribution is -0.128. The second kappa shape index (κ2) is 7.92. The summed E-state index contributed by atoms with van der Waals surface area (Å²) in [5.74, 6) is 3.55. The van der Waals surface area contributed by atoms with Gasteiger partial charge in [0.25, 0.3) is 5.91 Å². The molecular formula is C20H24F2N2O2S. The summed E-state index contributed by atoms with van der Waals surface area (Å²) in [7, 11) is -2.01. The number of hydrogen-bond acceptors (Lipinski definition) is 3. The van der Waals surface area contributed by atoms with Crippen LogP contribution in [-0.2, 0) is 20.9 Å². The predicted octanol–water partition coefficient (Wildman–Crippen LogP) is 2.82. The van der Waals surface area contributed by atoms with Crippen LogP contribution in [-0.4, -0.2) is 51.2 Å². The fourth-order valence-corrected chi connectivity index (χ4v) is 5.68. The van der Waals surface area contributed by atoms with Crippen LogP contribution < -0.4 is 0 Å². The molecule has 0 aromatic heterocycles. The molecule has 27 heavy (non-hydrogen) atoms. The van der Waals surface area contributed by atoms with Gasteiger partial charge in [-0.3, -0.25) is 14.0 Å². The van der Waals surface area contributed by atoms with Crippen LogP contribution in [0.2, 0.25) is 0 Å². The fourth-order valence-electron chi connectivity index (χ4n) is 3.56. The molecule has 4 nitrogen and oxygen atoms in total. The van der Waals surface area contributed by atoms with E-state index in [2.05, 4.69) is 10.9 Å². The third kappa shape index (κ3) is 4.83. The highest BCUT2D eigenvalue weighted by Gasteiger charge is 2.27. The van der Waals surface area contributed by atoms with E-state index in [-0.39, 0.29) is 30.5 Å². The van der Waals surface area contributed by atoms with Crippen molar-refractivity contribution in [2.45, 2.75) is 26.3 Å². The molecule has 2 aliphatic heterocycles. The van der Waals surface area contributed by atoms with E-state index in [0.717, 1.165) is 12.1 Å². The SMILES string of the molecule is C=S1(=O)CCC(CCN(Cc2c(F)cccc2F)C(=O)C2=CC(C)=NC2)C1. The first-order chi connectivity index (χ1) is 12.7. The highest BCUT2D eigenvalue weighted by molar-refractivity contribution is 8.00. The van der Waals surface area contributed by atoms with Crippen LogP contribution in [0.5, 0.6) is 0 Å². The van der Waals surface area contributed by atoms with Crippen LogP contribution in [0.25, 0.3) is 0 Å². The van der Waals surface area contributed by atoms with Gasteiger partial charge in [-0.05, 0) is 59.3 Å². The monoisotopic (exact) mass is 394 g/mol. The second-order valence-corrected chi connectivity index (χ2v) is 10.0. The molecule has 0 spiro atoms. The third-order valence-electron chi connectivity index (χ3n) is 5.10. The summed E-state index contributed by atoms with van der Waals surface area (Å²) in [4.78, 5) is 18.6. The minimum absolute atomic E-state index is 0.116. The number of carbonyl (C=O) groups is 1. The molecule has 1 fully saturated rings. The molecule has 2 heterocycles. The zero-order valence-corrected chi connectivity index (χ0v) is 16.2. The van der Waals surface area contributed by atoms with Crippen LogP contribution in [0.1, 0.15) is 25.3 Å². The third-order valence-corrected chi connectivity index (χ3v) is 7.16. The average molecular weight is 394 g/mol. The fraction of sp³-hybridized carbons (Fsp3) is 0.450. The molecule has 2 aliphatic rings. The standard InChI is InChI=1S/C20H24F2N2O2S/c1-14-10-16(11-23-14)20(25)24(8-6-15-7-9-27(2,26)13-15)12-17-18(21)4-3-5-19(17)22/h3-5,10,15H,2,6-9,11-13H2,1H3. The first kappa shape index (κ1) is 19.7. The molecule has 7 heteroatoms. The summed E-state index contributed by atoms with van der Waals surface area (Å²) in [5, 5.41) is 0. The number of nitrogens with zero attached hydrogens (tertiary/aromatic N) is 2. The molecule has 146 valence electrons. The van der Waals surface area contributed by atoms with E-state index in [0.29, 0.717) is 30.0 Å². The Morgan fingerprint density at radius 2 is 2.07 bits per heavy atom. The number of aliphatic imine (C=N–C) groups is 1. The molecule has 0 N–H and O–H groups in total. The molecule has 1 saturated heterocycles. The van der Waals surface area contributed by atoms with Crippen LogP contribution in [0.3, 0.4) is 0 Å². The maximum absolute atomic E-state index is 14.1. The Hall–Kier alpha value is -2.02. The molecule has 2 unspecified atom stereocenters. The Kier molecular flexibility index (Phi) is 5.79. The van der Waals surface area contributed by atoms with Gasteiger partial charge in [-0.25, -0.2) is 8.78 Å². The lowest BCUT2D eigenvalue weighted by atomic mass is 10.0. The summed E-state index contributed by atoms with van der Waals surface area (Å²) in [6.07, 6.45) is 3.16. The van der Waals surface area contributed by atoms with Gasteiger partial charge in [0.2, 0.25) is 0 Å². The number of rotatable bonds is 6. The quantitative estimate of drug-likeness (QED) is 0.697. The van der Waals surface area contributed by atoms with E-state index in [1.54, 1.807) is 6.08 Å². The van der Waals surface area contributed by atoms with Crippen LogP contribution in [0, 0.1) is 17.6 Å². The van der Waals surface area contributed by atoms with Gasteiger partial charge in [0, 0.05) is 34.9 Å². The lowest BCUT2D eigenvalue weighted by Gasteiger charge is -2.25. The van der Waals surface area contributed by atoms with Crippen molar-refractivity contribution in [1.29, 1.82) is 0 Å². The normalized spacial score (nSPS) is 24.6. The lowest BCUT2D eigenvalue weighted by Crippen LogP contribution is -2.34. The first-order valence-corrected chi connectivity index (χ1v) is 11.1. The maximum atomic E-state index is 14.1. The van der Waals surface area contributed by atoms with E-state index in [1.807, 2.05) is 6.92 Å². The van der Waals surface area contributed by atoms with Crippen LogP contribution in [0.4, 0.5) is 8.78 Å². The molecule has 0 saturated carbocycles. The van der Waals surface area contributed by atoms with Gasteiger partial charge in [-0.1, -0.05) is 6.07 Å². The molecule has 3 rings (SSSR count). The highest BCUT2D eigenvalue weighted by Crippen LogP contribution is 2.24. The van der Waals surface area contributed by atoms with Crippen LogP contribution >= 0.6 is 0 Å². The molecule has 0 bridgehead atoms. The highest BCUT2D eigenvalue weighted by atomic mass is 32.2. The molecule has 2 atom stereocenters. The summed E-state index contributed by atoms with van der Waals surface area (Å²) in [6, 6.07) is 3.69. The van der Waals surface area contributed by atoms with E-state index in [9.17, 15) is 17.8 Å². The van der Waals surface area contributed by atoms with Crippen molar-refractivity contribution in [3.63, 3.8) is 0 Å². The van der Waals surface area contributed by atoms with E-state index >= 15 is 0 Å². The second-order valence-electron chi connectivity index (χ2n) is 7.33. The number of carbonyl (C=O) groups excluding carboxylic acids is 1. The summed E-state index contributed by atoms with van der Waals surface area (Å²) >= 11 is 0. The zero-order chi connectivity index (χ0) is 19.6. The van der Waals surface area contributed by atoms with Gasteiger partial charge < -0.3 is 4.90 Å². The van der Waals surface area contributed by atoms with Crippen molar-refractivity contribution >= 4 is 27.0 Å². The maximum Gasteiger partial charge on any atom is 0.252 e. The summed E-state index contributed by atoms with van der Waals surface area (Å²) in [5.41, 5.74) is 1.18. The molecule has 1 amide bonds. The van der Waals surface area contributed by atoms with Crippen molar-refractivity contribution in [3.8, 4) is 0 Å². The average Bonchev–Trinajstić information content (AvgIpc) is 3.18. The number of amides is 1. The van der Waals surface area contributed by atoms with E-state index in [4.69, 9.17) is 0 Å². The Morgan fingerprint density at radius 3 is 2.63 bits per heavy atom. The minimum atomic E-state index is -2.01. The number of hydrogen-bond donors (Lipinski definition) is 0. The van der Waals surface area contributed by atoms with Crippen LogP contribution in [0.15, 0.2) is 34.8 Å². The Labute approximate surface area is 159 Å². The van der Waals surface area contributed by atoms with Crippen molar-refractivity contribution < 1.29 is 17.8 Å². The summed E-state index contributed by atoms with van der Waals surface area (Å²) < 4.78 is 40.3. The Bertz CT molecular complexity index is 886. The van der Waals surface area contributed by atoms with E-state index in [1.165, 1.54) is 23.1 Å². The smallest absolute Gasteiger partial charge is 0.252 e. The number of benzene rings is 1. The molecule has 0 radical (unpaired) electrons. The Morgan fingerprint density at radius 1 is 1.37 bits per heavy atom. The van der Waals surface area contributed by atoms with Gasteiger partial charge in [0.1, 0.15) is 11.6 Å².